The maximum absolute atomic E-state index is 13.0. The molecule has 0 spiro atoms. The first kappa shape index (κ1) is 24.3. The highest BCUT2D eigenvalue weighted by Gasteiger charge is 2.27. The largest absolute Gasteiger partial charge is 0.504 e. The van der Waals surface area contributed by atoms with Gasteiger partial charge in [0.15, 0.2) is 17.3 Å². The van der Waals surface area contributed by atoms with Crippen LogP contribution in [0.4, 0.5) is 0 Å². The molecule has 0 fully saturated rings. The molecule has 176 valence electrons. The fourth-order valence-corrected chi connectivity index (χ4v) is 4.54. The average molecular weight is 473 g/mol. The number of benzene rings is 1. The minimum absolute atomic E-state index is 0.00599. The van der Waals surface area contributed by atoms with Gasteiger partial charge in [-0.3, -0.25) is 9.59 Å². The third kappa shape index (κ3) is 5.74. The Balaban J connectivity index is 1.90. The van der Waals surface area contributed by atoms with Crippen molar-refractivity contribution in [1.82, 2.24) is 10.2 Å². The first-order chi connectivity index (χ1) is 15.7. The van der Waals surface area contributed by atoms with Crippen molar-refractivity contribution in [1.29, 1.82) is 0 Å². The van der Waals surface area contributed by atoms with Crippen molar-refractivity contribution in [2.45, 2.75) is 25.3 Å². The van der Waals surface area contributed by atoms with Gasteiger partial charge in [-0.15, -0.1) is 11.3 Å². The number of ether oxygens (including phenoxy) is 1. The highest BCUT2D eigenvalue weighted by atomic mass is 32.1. The van der Waals surface area contributed by atoms with Crippen LogP contribution in [-0.2, 0) is 4.79 Å². The Morgan fingerprint density at radius 1 is 1.24 bits per heavy atom. The molecule has 1 aromatic carbocycles. The molecule has 0 saturated heterocycles. The monoisotopic (exact) mass is 472 g/mol. The highest BCUT2D eigenvalue weighted by Crippen LogP contribution is 2.37. The van der Waals surface area contributed by atoms with E-state index in [0.29, 0.717) is 17.9 Å². The molecule has 9 heteroatoms. The van der Waals surface area contributed by atoms with E-state index in [-0.39, 0.29) is 35.6 Å². The lowest BCUT2D eigenvalue weighted by molar-refractivity contribution is -0.121. The number of aromatic hydroxyl groups is 2. The number of hydrogen-bond donors (Lipinski definition) is 3. The SMILES string of the molecule is COc1cc([C@@H](CC(=O)NC[C@@H](c2cccs2)N(C)C)c2oc(C)cc(=O)c2O)ccc1O. The lowest BCUT2D eigenvalue weighted by Crippen LogP contribution is -2.34. The molecule has 0 unspecified atom stereocenters. The lowest BCUT2D eigenvalue weighted by atomic mass is 9.91. The van der Waals surface area contributed by atoms with Gasteiger partial charge in [-0.1, -0.05) is 12.1 Å². The number of thiophene rings is 1. The van der Waals surface area contributed by atoms with Gasteiger partial charge in [0.05, 0.1) is 19.1 Å². The van der Waals surface area contributed by atoms with E-state index in [0.717, 1.165) is 4.88 Å². The van der Waals surface area contributed by atoms with Gasteiger partial charge in [0.1, 0.15) is 5.76 Å². The number of nitrogens with one attached hydrogen (secondary N) is 1. The molecule has 0 bridgehead atoms. The minimum Gasteiger partial charge on any atom is -0.504 e. The molecule has 33 heavy (non-hydrogen) atoms. The Hall–Kier alpha value is -3.30. The summed E-state index contributed by atoms with van der Waals surface area (Å²) in [6, 6.07) is 9.78. The van der Waals surface area contributed by atoms with Crippen LogP contribution >= 0.6 is 11.3 Å². The number of amides is 1. The van der Waals surface area contributed by atoms with Gasteiger partial charge >= 0.3 is 0 Å². The van der Waals surface area contributed by atoms with E-state index < -0.39 is 17.1 Å². The van der Waals surface area contributed by atoms with Crippen molar-refractivity contribution < 1.29 is 24.2 Å². The second-order valence-electron chi connectivity index (χ2n) is 7.92. The summed E-state index contributed by atoms with van der Waals surface area (Å²) in [5.74, 6) is -1.15. The molecule has 3 rings (SSSR count). The quantitative estimate of drug-likeness (QED) is 0.438. The van der Waals surface area contributed by atoms with Gasteiger partial charge in [0.2, 0.25) is 17.1 Å². The zero-order chi connectivity index (χ0) is 24.1. The maximum atomic E-state index is 13.0. The highest BCUT2D eigenvalue weighted by molar-refractivity contribution is 7.10. The summed E-state index contributed by atoms with van der Waals surface area (Å²) in [5, 5.41) is 25.4. The molecule has 2 atom stereocenters. The molecule has 8 nitrogen and oxygen atoms in total. The molecule has 0 radical (unpaired) electrons. The Morgan fingerprint density at radius 2 is 2.00 bits per heavy atom. The van der Waals surface area contributed by atoms with E-state index >= 15 is 0 Å². The van der Waals surface area contributed by atoms with Crippen molar-refractivity contribution in [3.8, 4) is 17.2 Å². The summed E-state index contributed by atoms with van der Waals surface area (Å²) in [5.41, 5.74) is -0.0402. The molecule has 0 aliphatic heterocycles. The summed E-state index contributed by atoms with van der Waals surface area (Å²) in [6.07, 6.45) is -0.0848. The zero-order valence-electron chi connectivity index (χ0n) is 19.0. The standard InChI is InChI=1S/C24H28N2O6S/c1-14-10-19(28)23(30)24(32-14)16(15-7-8-18(27)20(11-15)31-4)12-22(29)25-13-17(26(2)3)21-6-5-9-33-21/h5-11,16-17,27,30H,12-13H2,1-4H3,(H,25,29)/t16-,17+/m1/s1. The van der Waals surface area contributed by atoms with Crippen LogP contribution in [-0.4, -0.2) is 48.8 Å². The van der Waals surface area contributed by atoms with Crippen molar-refractivity contribution in [2.24, 2.45) is 0 Å². The van der Waals surface area contributed by atoms with E-state index in [1.54, 1.807) is 30.4 Å². The Kier molecular flexibility index (Phi) is 7.78. The fraction of sp³-hybridized carbons (Fsp3) is 0.333. The van der Waals surface area contributed by atoms with Crippen LogP contribution in [0.3, 0.4) is 0 Å². The van der Waals surface area contributed by atoms with Gasteiger partial charge in [-0.2, -0.15) is 0 Å². The summed E-state index contributed by atoms with van der Waals surface area (Å²) < 4.78 is 10.9. The van der Waals surface area contributed by atoms with E-state index in [2.05, 4.69) is 5.32 Å². The molecule has 2 heterocycles. The smallest absolute Gasteiger partial charge is 0.227 e. The van der Waals surface area contributed by atoms with Gasteiger partial charge in [0, 0.05) is 23.9 Å². The molecule has 3 aromatic rings. The van der Waals surface area contributed by atoms with Gasteiger partial charge < -0.3 is 29.6 Å². The fourth-order valence-electron chi connectivity index (χ4n) is 3.62. The predicted molar refractivity (Wildman–Crippen MR) is 126 cm³/mol. The number of aryl methyl sites for hydroxylation is 1. The van der Waals surface area contributed by atoms with Crippen molar-refractivity contribution in [2.75, 3.05) is 27.7 Å². The van der Waals surface area contributed by atoms with Gasteiger partial charge in [-0.05, 0) is 50.2 Å². The molecule has 3 N–H and O–H groups in total. The first-order valence-electron chi connectivity index (χ1n) is 10.4. The third-order valence-electron chi connectivity index (χ3n) is 5.37. The van der Waals surface area contributed by atoms with E-state index in [9.17, 15) is 19.8 Å². The van der Waals surface area contributed by atoms with Crippen molar-refractivity contribution >= 4 is 17.2 Å². The number of carbonyl (C=O) groups is 1. The summed E-state index contributed by atoms with van der Waals surface area (Å²) >= 11 is 1.62. The van der Waals surface area contributed by atoms with Crippen LogP contribution in [0.1, 0.15) is 40.3 Å². The minimum atomic E-state index is -0.772. The Labute approximate surface area is 196 Å². The van der Waals surface area contributed by atoms with Crippen LogP contribution in [0.2, 0.25) is 0 Å². The average Bonchev–Trinajstić information content (AvgIpc) is 3.29. The molecule has 0 aliphatic carbocycles. The topological polar surface area (TPSA) is 112 Å². The van der Waals surface area contributed by atoms with Crippen LogP contribution < -0.4 is 15.5 Å². The van der Waals surface area contributed by atoms with Crippen molar-refractivity contribution in [3.05, 3.63) is 74.0 Å². The van der Waals surface area contributed by atoms with Gasteiger partial charge in [0.25, 0.3) is 0 Å². The molecule has 0 saturated carbocycles. The van der Waals surface area contributed by atoms with Crippen LogP contribution in [0.5, 0.6) is 17.2 Å². The third-order valence-corrected chi connectivity index (χ3v) is 6.35. The number of methoxy groups -OCH3 is 1. The molecular formula is C24H28N2O6S. The van der Waals surface area contributed by atoms with Crippen LogP contribution in [0, 0.1) is 6.92 Å². The lowest BCUT2D eigenvalue weighted by Gasteiger charge is -2.24. The normalized spacial score (nSPS) is 13.0. The van der Waals surface area contributed by atoms with Crippen LogP contribution in [0.25, 0.3) is 0 Å². The second-order valence-corrected chi connectivity index (χ2v) is 8.90. The number of phenolic OH excluding ortho intramolecular Hbond substituents is 1. The number of rotatable bonds is 9. The molecule has 0 aliphatic rings. The van der Waals surface area contributed by atoms with Crippen molar-refractivity contribution in [3.63, 3.8) is 0 Å². The van der Waals surface area contributed by atoms with Gasteiger partial charge in [-0.25, -0.2) is 0 Å². The summed E-state index contributed by atoms with van der Waals surface area (Å²) in [4.78, 5) is 28.3. The van der Waals surface area contributed by atoms with E-state index in [1.165, 1.54) is 19.2 Å². The summed E-state index contributed by atoms with van der Waals surface area (Å²) in [6.45, 7) is 1.99. The number of nitrogens with zero attached hydrogens (tertiary/aromatic N) is 1. The summed E-state index contributed by atoms with van der Waals surface area (Å²) in [7, 11) is 5.31. The van der Waals surface area contributed by atoms with E-state index in [1.807, 2.05) is 36.5 Å². The Morgan fingerprint density at radius 3 is 2.64 bits per heavy atom. The number of likely N-dealkylation sites (N-methyl/N-ethyl adjacent to an activating group) is 1. The van der Waals surface area contributed by atoms with E-state index in [4.69, 9.17) is 9.15 Å². The number of carbonyl (C=O) groups excluding carboxylic acids is 1. The first-order valence-corrected chi connectivity index (χ1v) is 11.3. The number of hydrogen-bond acceptors (Lipinski definition) is 8. The molecular weight excluding hydrogens is 444 g/mol. The second kappa shape index (κ2) is 10.5. The molecule has 2 aromatic heterocycles. The molecule has 1 amide bonds. The zero-order valence-corrected chi connectivity index (χ0v) is 19.8. The number of phenols is 1. The predicted octanol–water partition coefficient (Wildman–Crippen LogP) is 3.37. The maximum Gasteiger partial charge on any atom is 0.227 e. The Bertz CT molecular complexity index is 1160. The van der Waals surface area contributed by atoms with Crippen LogP contribution in [0.15, 0.2) is 51.0 Å².